The third-order valence-corrected chi connectivity index (χ3v) is 3.27. The average molecular weight is 274 g/mol. The summed E-state index contributed by atoms with van der Waals surface area (Å²) in [5.74, 6) is 0. The number of fused-ring (bicyclic) bond motifs is 1. The smallest absolute Gasteiger partial charge is 0.104 e. The van der Waals surface area contributed by atoms with Gasteiger partial charge in [-0.1, -0.05) is 6.07 Å². The first kappa shape index (κ1) is 8.44. The molecule has 0 unspecified atom stereocenters. The SMILES string of the molecule is Cc1cc2c(nc1I)CCNC2. The van der Waals surface area contributed by atoms with Crippen LogP contribution in [0.25, 0.3) is 0 Å². The molecular weight excluding hydrogens is 263 g/mol. The van der Waals surface area contributed by atoms with E-state index in [4.69, 9.17) is 0 Å². The van der Waals surface area contributed by atoms with Crippen molar-refractivity contribution in [2.45, 2.75) is 19.9 Å². The molecule has 0 amide bonds. The molecule has 0 saturated carbocycles. The van der Waals surface area contributed by atoms with Crippen LogP contribution in [0.15, 0.2) is 6.07 Å². The number of nitrogens with zero attached hydrogens (tertiary/aromatic N) is 1. The van der Waals surface area contributed by atoms with Gasteiger partial charge in [-0.15, -0.1) is 0 Å². The second-order valence-corrected chi connectivity index (χ2v) is 4.15. The summed E-state index contributed by atoms with van der Waals surface area (Å²) in [6.45, 7) is 4.17. The lowest BCUT2D eigenvalue weighted by atomic mass is 10.1. The summed E-state index contributed by atoms with van der Waals surface area (Å²) in [5.41, 5.74) is 3.95. The molecule has 0 atom stereocenters. The van der Waals surface area contributed by atoms with Crippen molar-refractivity contribution in [3.63, 3.8) is 0 Å². The Kier molecular flexibility index (Phi) is 2.32. The first-order valence-electron chi connectivity index (χ1n) is 4.13. The Hall–Kier alpha value is -0.160. The van der Waals surface area contributed by atoms with Crippen LogP contribution in [-0.4, -0.2) is 11.5 Å². The summed E-state index contributed by atoms with van der Waals surface area (Å²) in [5, 5.41) is 3.35. The fourth-order valence-corrected chi connectivity index (χ4v) is 1.93. The Bertz CT molecular complexity index is 279. The molecule has 0 spiro atoms. The molecule has 1 aliphatic heterocycles. The second-order valence-electron chi connectivity index (χ2n) is 3.13. The monoisotopic (exact) mass is 274 g/mol. The van der Waals surface area contributed by atoms with Gasteiger partial charge in [0.2, 0.25) is 0 Å². The van der Waals surface area contributed by atoms with E-state index in [1.54, 1.807) is 0 Å². The quantitative estimate of drug-likeness (QED) is 0.574. The molecule has 3 heteroatoms. The molecule has 0 saturated heterocycles. The Morgan fingerprint density at radius 1 is 1.58 bits per heavy atom. The highest BCUT2D eigenvalue weighted by Crippen LogP contribution is 2.16. The van der Waals surface area contributed by atoms with Gasteiger partial charge in [-0.2, -0.15) is 0 Å². The molecule has 12 heavy (non-hydrogen) atoms. The first-order valence-corrected chi connectivity index (χ1v) is 5.21. The zero-order chi connectivity index (χ0) is 8.55. The van der Waals surface area contributed by atoms with Crippen molar-refractivity contribution in [1.82, 2.24) is 10.3 Å². The number of aryl methyl sites for hydroxylation is 1. The van der Waals surface area contributed by atoms with Crippen molar-refractivity contribution in [2.75, 3.05) is 6.54 Å². The van der Waals surface area contributed by atoms with E-state index in [1.807, 2.05) is 0 Å². The van der Waals surface area contributed by atoms with Gasteiger partial charge in [0.25, 0.3) is 0 Å². The maximum absolute atomic E-state index is 4.56. The minimum Gasteiger partial charge on any atom is -0.312 e. The van der Waals surface area contributed by atoms with E-state index in [9.17, 15) is 0 Å². The normalized spacial score (nSPS) is 15.8. The first-order chi connectivity index (χ1) is 5.77. The predicted octanol–water partition coefficient (Wildman–Crippen LogP) is 1.64. The minimum absolute atomic E-state index is 0.986. The van der Waals surface area contributed by atoms with Crippen LogP contribution >= 0.6 is 22.6 Å². The number of aromatic nitrogens is 1. The number of nitrogens with one attached hydrogen (secondary N) is 1. The van der Waals surface area contributed by atoms with Gasteiger partial charge in [-0.05, 0) is 40.6 Å². The summed E-state index contributed by atoms with van der Waals surface area (Å²) >= 11 is 2.30. The number of hydrogen-bond acceptors (Lipinski definition) is 2. The maximum atomic E-state index is 4.56. The highest BCUT2D eigenvalue weighted by Gasteiger charge is 2.11. The van der Waals surface area contributed by atoms with Crippen molar-refractivity contribution >= 4 is 22.6 Å². The zero-order valence-corrected chi connectivity index (χ0v) is 9.18. The van der Waals surface area contributed by atoms with Crippen LogP contribution in [-0.2, 0) is 13.0 Å². The largest absolute Gasteiger partial charge is 0.312 e. The highest BCUT2D eigenvalue weighted by atomic mass is 127. The van der Waals surface area contributed by atoms with Crippen LogP contribution in [0.4, 0.5) is 0 Å². The van der Waals surface area contributed by atoms with Gasteiger partial charge in [0.05, 0.1) is 0 Å². The van der Waals surface area contributed by atoms with Crippen LogP contribution in [0.3, 0.4) is 0 Å². The van der Waals surface area contributed by atoms with Crippen LogP contribution in [0.5, 0.6) is 0 Å². The highest BCUT2D eigenvalue weighted by molar-refractivity contribution is 14.1. The third-order valence-electron chi connectivity index (χ3n) is 2.17. The van der Waals surface area contributed by atoms with Gasteiger partial charge in [0, 0.05) is 25.2 Å². The van der Waals surface area contributed by atoms with E-state index in [2.05, 4.69) is 45.9 Å². The number of hydrogen-bond donors (Lipinski definition) is 1. The lowest BCUT2D eigenvalue weighted by Gasteiger charge is -2.16. The molecule has 2 nitrogen and oxygen atoms in total. The molecule has 1 N–H and O–H groups in total. The lowest BCUT2D eigenvalue weighted by Crippen LogP contribution is -2.25. The zero-order valence-electron chi connectivity index (χ0n) is 7.02. The fraction of sp³-hybridized carbons (Fsp3) is 0.444. The molecule has 1 aromatic rings. The van der Waals surface area contributed by atoms with Crippen molar-refractivity contribution in [3.8, 4) is 0 Å². The van der Waals surface area contributed by atoms with Gasteiger partial charge in [0.1, 0.15) is 3.70 Å². The second kappa shape index (κ2) is 3.30. The number of rotatable bonds is 0. The molecule has 0 bridgehead atoms. The maximum Gasteiger partial charge on any atom is 0.104 e. The van der Waals surface area contributed by atoms with Gasteiger partial charge in [0.15, 0.2) is 0 Å². The van der Waals surface area contributed by atoms with Gasteiger partial charge in [-0.25, -0.2) is 4.98 Å². The molecule has 2 rings (SSSR count). The van der Waals surface area contributed by atoms with Crippen molar-refractivity contribution in [2.24, 2.45) is 0 Å². The molecule has 0 radical (unpaired) electrons. The van der Waals surface area contributed by atoms with Crippen molar-refractivity contribution in [1.29, 1.82) is 0 Å². The van der Waals surface area contributed by atoms with E-state index in [0.29, 0.717) is 0 Å². The van der Waals surface area contributed by atoms with E-state index < -0.39 is 0 Å². The van der Waals surface area contributed by atoms with E-state index in [0.717, 1.165) is 23.2 Å². The summed E-state index contributed by atoms with van der Waals surface area (Å²) in [6, 6.07) is 2.25. The van der Waals surface area contributed by atoms with E-state index >= 15 is 0 Å². The molecule has 0 fully saturated rings. The summed E-state index contributed by atoms with van der Waals surface area (Å²) in [4.78, 5) is 4.56. The van der Waals surface area contributed by atoms with Gasteiger partial charge in [-0.3, -0.25) is 0 Å². The topological polar surface area (TPSA) is 24.9 Å². The summed E-state index contributed by atoms with van der Waals surface area (Å²) < 4.78 is 1.15. The van der Waals surface area contributed by atoms with Crippen LogP contribution < -0.4 is 5.32 Å². The van der Waals surface area contributed by atoms with Gasteiger partial charge < -0.3 is 5.32 Å². The molecule has 1 aliphatic rings. The van der Waals surface area contributed by atoms with Crippen molar-refractivity contribution < 1.29 is 0 Å². The molecule has 0 aliphatic carbocycles. The fourth-order valence-electron chi connectivity index (χ4n) is 1.48. The third kappa shape index (κ3) is 1.47. The van der Waals surface area contributed by atoms with Gasteiger partial charge >= 0.3 is 0 Å². The van der Waals surface area contributed by atoms with E-state index in [1.165, 1.54) is 16.8 Å². The molecule has 2 heterocycles. The van der Waals surface area contributed by atoms with Crippen LogP contribution in [0.2, 0.25) is 0 Å². The summed E-state index contributed by atoms with van der Waals surface area (Å²) in [7, 11) is 0. The number of pyridine rings is 1. The average Bonchev–Trinajstić information content (AvgIpc) is 2.07. The lowest BCUT2D eigenvalue weighted by molar-refractivity contribution is 0.628. The molecule has 1 aromatic heterocycles. The Balaban J connectivity index is 2.49. The molecule has 64 valence electrons. The Labute approximate surface area is 85.9 Å². The summed E-state index contributed by atoms with van der Waals surface area (Å²) in [6.07, 6.45) is 1.08. The Morgan fingerprint density at radius 2 is 2.42 bits per heavy atom. The van der Waals surface area contributed by atoms with E-state index in [-0.39, 0.29) is 0 Å². The molecule has 0 aromatic carbocycles. The minimum atomic E-state index is 0.986. The molecular formula is C9H11IN2. The van der Waals surface area contributed by atoms with Crippen LogP contribution in [0.1, 0.15) is 16.8 Å². The standard InChI is InChI=1S/C9H11IN2/c1-6-4-7-5-11-3-2-8(7)12-9(6)10/h4,11H,2-3,5H2,1H3. The predicted molar refractivity (Wildman–Crippen MR) is 57.1 cm³/mol. The number of halogens is 1. The van der Waals surface area contributed by atoms with Crippen molar-refractivity contribution in [3.05, 3.63) is 26.6 Å². The van der Waals surface area contributed by atoms with Crippen LogP contribution in [0, 0.1) is 10.6 Å². The Morgan fingerprint density at radius 3 is 3.25 bits per heavy atom.